The maximum atomic E-state index is 11.7. The summed E-state index contributed by atoms with van der Waals surface area (Å²) in [4.78, 5) is 21.0. The van der Waals surface area contributed by atoms with E-state index in [1.54, 1.807) is 18.6 Å². The van der Waals surface area contributed by atoms with Crippen molar-refractivity contribution in [2.45, 2.75) is 6.54 Å². The zero-order valence-corrected chi connectivity index (χ0v) is 19.7. The molecule has 1 saturated heterocycles. The SMILES string of the molecule is CS(=O)(=O)N1CCN(Cc2ccnc(Nc3nc4ccc(-c5ccncc5)nc4s3)c2)CC1. The van der Waals surface area contributed by atoms with Crippen LogP contribution in [0.4, 0.5) is 10.9 Å². The van der Waals surface area contributed by atoms with Gasteiger partial charge >= 0.3 is 0 Å². The van der Waals surface area contributed by atoms with Crippen molar-refractivity contribution in [3.8, 4) is 11.3 Å². The van der Waals surface area contributed by atoms with Crippen molar-refractivity contribution in [1.29, 1.82) is 0 Å². The molecule has 9 nitrogen and oxygen atoms in total. The molecule has 1 aliphatic rings. The Hall–Kier alpha value is -2.99. The van der Waals surface area contributed by atoms with Crippen molar-refractivity contribution in [2.24, 2.45) is 0 Å². The monoisotopic (exact) mass is 481 g/mol. The number of hydrogen-bond donors (Lipinski definition) is 1. The molecule has 1 fully saturated rings. The maximum Gasteiger partial charge on any atom is 0.211 e. The van der Waals surface area contributed by atoms with Crippen molar-refractivity contribution in [3.63, 3.8) is 0 Å². The quantitative estimate of drug-likeness (QED) is 0.448. The molecule has 0 saturated carbocycles. The third kappa shape index (κ3) is 5.17. The summed E-state index contributed by atoms with van der Waals surface area (Å²) in [6, 6.07) is 11.8. The fraction of sp³-hybridized carbons (Fsp3) is 0.273. The molecule has 1 aliphatic heterocycles. The maximum absolute atomic E-state index is 11.7. The van der Waals surface area contributed by atoms with Gasteiger partial charge in [-0.1, -0.05) is 11.3 Å². The summed E-state index contributed by atoms with van der Waals surface area (Å²) in [6.07, 6.45) is 6.55. The van der Waals surface area contributed by atoms with Gasteiger partial charge < -0.3 is 5.32 Å². The van der Waals surface area contributed by atoms with Crippen LogP contribution >= 0.6 is 11.3 Å². The molecule has 11 heteroatoms. The molecule has 0 atom stereocenters. The molecule has 170 valence electrons. The second-order valence-corrected chi connectivity index (χ2v) is 10.8. The number of hydrogen-bond acceptors (Lipinski definition) is 9. The first-order valence-electron chi connectivity index (χ1n) is 10.5. The van der Waals surface area contributed by atoms with E-state index in [1.165, 1.54) is 21.9 Å². The summed E-state index contributed by atoms with van der Waals surface area (Å²) in [7, 11) is -3.12. The lowest BCUT2D eigenvalue weighted by atomic mass is 10.2. The van der Waals surface area contributed by atoms with Crippen molar-refractivity contribution in [3.05, 3.63) is 60.6 Å². The highest BCUT2D eigenvalue weighted by atomic mass is 32.2. The fourth-order valence-corrected chi connectivity index (χ4v) is 5.45. The average molecular weight is 482 g/mol. The summed E-state index contributed by atoms with van der Waals surface area (Å²) >= 11 is 1.48. The van der Waals surface area contributed by atoms with Gasteiger partial charge in [0.2, 0.25) is 10.0 Å². The molecule has 0 radical (unpaired) electrons. The Morgan fingerprint density at radius 2 is 1.79 bits per heavy atom. The molecular weight excluding hydrogens is 458 g/mol. The number of thiazole rings is 1. The minimum absolute atomic E-state index is 0.523. The highest BCUT2D eigenvalue weighted by Crippen LogP contribution is 2.29. The van der Waals surface area contributed by atoms with Crippen molar-refractivity contribution in [1.82, 2.24) is 29.1 Å². The molecule has 5 rings (SSSR count). The molecule has 0 aromatic carbocycles. The van der Waals surface area contributed by atoms with Crippen LogP contribution in [0.15, 0.2) is 55.0 Å². The number of anilines is 2. The Balaban J connectivity index is 1.27. The van der Waals surface area contributed by atoms with Crippen LogP contribution in [0.5, 0.6) is 0 Å². The van der Waals surface area contributed by atoms with E-state index >= 15 is 0 Å². The molecule has 0 spiro atoms. The number of aromatic nitrogens is 4. The van der Waals surface area contributed by atoms with Crippen LogP contribution in [0.2, 0.25) is 0 Å². The van der Waals surface area contributed by atoms with E-state index in [0.717, 1.165) is 44.7 Å². The Labute approximate surface area is 196 Å². The van der Waals surface area contributed by atoms with Crippen LogP contribution in [0.25, 0.3) is 21.6 Å². The highest BCUT2D eigenvalue weighted by Gasteiger charge is 2.23. The lowest BCUT2D eigenvalue weighted by molar-refractivity contribution is 0.182. The topological polar surface area (TPSA) is 104 Å². The van der Waals surface area contributed by atoms with Crippen LogP contribution in [-0.2, 0) is 16.6 Å². The number of nitrogens with zero attached hydrogens (tertiary/aromatic N) is 6. The summed E-state index contributed by atoms with van der Waals surface area (Å²) in [6.45, 7) is 3.21. The molecule has 33 heavy (non-hydrogen) atoms. The van der Waals surface area contributed by atoms with E-state index in [-0.39, 0.29) is 0 Å². The second-order valence-electron chi connectivity index (χ2n) is 7.89. The first-order chi connectivity index (χ1) is 15.9. The van der Waals surface area contributed by atoms with E-state index in [1.807, 2.05) is 36.4 Å². The lowest BCUT2D eigenvalue weighted by Gasteiger charge is -2.33. The van der Waals surface area contributed by atoms with Crippen LogP contribution < -0.4 is 5.32 Å². The Kier molecular flexibility index (Phi) is 6.02. The van der Waals surface area contributed by atoms with Gasteiger partial charge in [0.25, 0.3) is 0 Å². The fourth-order valence-electron chi connectivity index (χ4n) is 3.78. The number of pyridine rings is 3. The molecule has 1 N–H and O–H groups in total. The Morgan fingerprint density at radius 1 is 1.00 bits per heavy atom. The first kappa shape index (κ1) is 21.8. The standard InChI is InChI=1S/C22H23N7O2S2/c1-33(30,31)29-12-10-28(11-13-29)15-16-4-9-24-20(14-16)27-22-26-19-3-2-18(25-21(19)32-22)17-5-7-23-8-6-17/h2-9,14H,10-13,15H2,1H3,(H,24,26,27). The van der Waals surface area contributed by atoms with E-state index in [9.17, 15) is 8.42 Å². The zero-order valence-electron chi connectivity index (χ0n) is 18.0. The number of fused-ring (bicyclic) bond motifs is 1. The third-order valence-electron chi connectivity index (χ3n) is 5.50. The van der Waals surface area contributed by atoms with Gasteiger partial charge in [0.05, 0.1) is 11.9 Å². The van der Waals surface area contributed by atoms with Gasteiger partial charge in [-0.3, -0.25) is 9.88 Å². The Bertz CT molecular complexity index is 1370. The zero-order chi connectivity index (χ0) is 22.8. The van der Waals surface area contributed by atoms with E-state index < -0.39 is 10.0 Å². The summed E-state index contributed by atoms with van der Waals surface area (Å²) < 4.78 is 24.9. The summed E-state index contributed by atoms with van der Waals surface area (Å²) in [5.41, 5.74) is 3.84. The van der Waals surface area contributed by atoms with E-state index in [4.69, 9.17) is 4.98 Å². The highest BCUT2D eigenvalue weighted by molar-refractivity contribution is 7.88. The molecule has 0 amide bonds. The van der Waals surface area contributed by atoms with Crippen LogP contribution in [0.1, 0.15) is 5.56 Å². The number of rotatable bonds is 6. The van der Waals surface area contributed by atoms with Gasteiger partial charge in [0, 0.05) is 56.9 Å². The van der Waals surface area contributed by atoms with Crippen LogP contribution in [0, 0.1) is 0 Å². The van der Waals surface area contributed by atoms with Gasteiger partial charge in [-0.15, -0.1) is 0 Å². The average Bonchev–Trinajstić information content (AvgIpc) is 3.21. The first-order valence-corrected chi connectivity index (χ1v) is 13.2. The van der Waals surface area contributed by atoms with E-state index in [0.29, 0.717) is 26.2 Å². The molecule has 0 aliphatic carbocycles. The summed E-state index contributed by atoms with van der Waals surface area (Å²) in [5, 5.41) is 4.03. The third-order valence-corrected chi connectivity index (χ3v) is 7.68. The van der Waals surface area contributed by atoms with Gasteiger partial charge in [-0.05, 0) is 42.0 Å². The number of nitrogens with one attached hydrogen (secondary N) is 1. The largest absolute Gasteiger partial charge is 0.316 e. The smallest absolute Gasteiger partial charge is 0.211 e. The predicted octanol–water partition coefficient (Wildman–Crippen LogP) is 2.97. The minimum atomic E-state index is -3.12. The normalized spacial score (nSPS) is 15.7. The molecule has 4 aromatic rings. The Morgan fingerprint density at radius 3 is 2.55 bits per heavy atom. The lowest BCUT2D eigenvalue weighted by Crippen LogP contribution is -2.47. The molecule has 0 unspecified atom stereocenters. The van der Waals surface area contributed by atoms with Gasteiger partial charge in [0.15, 0.2) is 5.13 Å². The van der Waals surface area contributed by atoms with Gasteiger partial charge in [0.1, 0.15) is 16.2 Å². The second kappa shape index (κ2) is 9.10. The van der Waals surface area contributed by atoms with Crippen molar-refractivity contribution >= 4 is 42.7 Å². The molecular formula is C22H23N7O2S2. The number of piperazine rings is 1. The van der Waals surface area contributed by atoms with Crippen molar-refractivity contribution in [2.75, 3.05) is 37.8 Å². The van der Waals surface area contributed by atoms with Crippen LogP contribution in [0.3, 0.4) is 0 Å². The van der Waals surface area contributed by atoms with Crippen molar-refractivity contribution < 1.29 is 8.42 Å². The minimum Gasteiger partial charge on any atom is -0.316 e. The van der Waals surface area contributed by atoms with Crippen LogP contribution in [-0.4, -0.2) is 70.0 Å². The molecule has 0 bridgehead atoms. The molecule has 4 aromatic heterocycles. The summed E-state index contributed by atoms with van der Waals surface area (Å²) in [5.74, 6) is 0.718. The van der Waals surface area contributed by atoms with Gasteiger partial charge in [-0.2, -0.15) is 4.31 Å². The predicted molar refractivity (Wildman–Crippen MR) is 130 cm³/mol. The van der Waals surface area contributed by atoms with Gasteiger partial charge in [-0.25, -0.2) is 23.4 Å². The molecule has 5 heterocycles. The van der Waals surface area contributed by atoms with E-state index in [2.05, 4.69) is 25.2 Å². The number of sulfonamides is 1.